The number of nitrogens with one attached hydrogen (secondary N) is 1. The minimum absolute atomic E-state index is 0.0863. The standard InChI is InChI=1S/C16H26N2OS/c1-3-17-12-8-7-9-13-14(12)18-15(20-13)16(19-2)10-5-4-6-11-16/h12,17H,3-11H2,1-2H3. The van der Waals surface area contributed by atoms with Gasteiger partial charge >= 0.3 is 0 Å². The number of aryl methyl sites for hydroxylation is 1. The van der Waals surface area contributed by atoms with Crippen LogP contribution in [0.3, 0.4) is 0 Å². The van der Waals surface area contributed by atoms with Crippen molar-refractivity contribution in [1.82, 2.24) is 10.3 Å². The predicted octanol–water partition coefficient (Wildman–Crippen LogP) is 3.94. The van der Waals surface area contributed by atoms with Crippen molar-refractivity contribution >= 4 is 11.3 Å². The van der Waals surface area contributed by atoms with Gasteiger partial charge in [-0.15, -0.1) is 11.3 Å². The van der Waals surface area contributed by atoms with E-state index < -0.39 is 0 Å². The van der Waals surface area contributed by atoms with Gasteiger partial charge in [0.15, 0.2) is 0 Å². The average Bonchev–Trinajstić information content (AvgIpc) is 2.94. The van der Waals surface area contributed by atoms with E-state index in [1.807, 2.05) is 18.4 Å². The molecule has 1 aromatic rings. The van der Waals surface area contributed by atoms with Gasteiger partial charge in [0, 0.05) is 12.0 Å². The van der Waals surface area contributed by atoms with Gasteiger partial charge in [-0.3, -0.25) is 0 Å². The number of hydrogen-bond acceptors (Lipinski definition) is 4. The molecule has 2 aliphatic carbocycles. The van der Waals surface area contributed by atoms with Crippen molar-refractivity contribution in [2.24, 2.45) is 0 Å². The van der Waals surface area contributed by atoms with E-state index in [4.69, 9.17) is 9.72 Å². The number of rotatable bonds is 4. The van der Waals surface area contributed by atoms with E-state index in [1.165, 1.54) is 54.1 Å². The number of ether oxygens (including phenoxy) is 1. The maximum Gasteiger partial charge on any atom is 0.125 e. The Balaban J connectivity index is 1.91. The lowest BCUT2D eigenvalue weighted by Crippen LogP contribution is -2.31. The van der Waals surface area contributed by atoms with Crippen molar-refractivity contribution < 1.29 is 4.74 Å². The predicted molar refractivity (Wildman–Crippen MR) is 83.2 cm³/mol. The van der Waals surface area contributed by atoms with Gasteiger partial charge in [-0.1, -0.05) is 26.2 Å². The molecule has 20 heavy (non-hydrogen) atoms. The van der Waals surface area contributed by atoms with Crippen molar-refractivity contribution in [3.8, 4) is 0 Å². The zero-order valence-electron chi connectivity index (χ0n) is 12.7. The van der Waals surface area contributed by atoms with Crippen LogP contribution >= 0.6 is 11.3 Å². The van der Waals surface area contributed by atoms with Gasteiger partial charge in [-0.25, -0.2) is 4.98 Å². The van der Waals surface area contributed by atoms with Gasteiger partial charge in [0.05, 0.1) is 11.7 Å². The number of hydrogen-bond donors (Lipinski definition) is 1. The summed E-state index contributed by atoms with van der Waals surface area (Å²) >= 11 is 1.92. The maximum absolute atomic E-state index is 5.97. The summed E-state index contributed by atoms with van der Waals surface area (Å²) in [5, 5.41) is 4.84. The molecular weight excluding hydrogens is 268 g/mol. The third kappa shape index (κ3) is 2.53. The molecule has 0 spiro atoms. The lowest BCUT2D eigenvalue weighted by atomic mass is 9.85. The van der Waals surface area contributed by atoms with Crippen LogP contribution in [0.15, 0.2) is 0 Å². The van der Waals surface area contributed by atoms with E-state index in [-0.39, 0.29) is 5.60 Å². The van der Waals surface area contributed by atoms with Gasteiger partial charge in [-0.05, 0) is 38.6 Å². The number of nitrogens with zero attached hydrogens (tertiary/aromatic N) is 1. The molecule has 112 valence electrons. The second-order valence-corrected chi connectivity index (χ2v) is 7.17. The van der Waals surface area contributed by atoms with Crippen LogP contribution in [-0.2, 0) is 16.8 Å². The highest BCUT2D eigenvalue weighted by atomic mass is 32.1. The Kier molecular flexibility index (Phi) is 4.43. The third-order valence-corrected chi connectivity index (χ3v) is 6.16. The molecule has 1 saturated carbocycles. The van der Waals surface area contributed by atoms with Crippen molar-refractivity contribution in [3.05, 3.63) is 15.6 Å². The SMILES string of the molecule is CCNC1CCCc2sc(C3(OC)CCCCC3)nc21. The smallest absolute Gasteiger partial charge is 0.125 e. The van der Waals surface area contributed by atoms with Crippen molar-refractivity contribution in [2.45, 2.75) is 69.9 Å². The minimum Gasteiger partial charge on any atom is -0.371 e. The second kappa shape index (κ2) is 6.12. The van der Waals surface area contributed by atoms with Crippen LogP contribution in [0, 0.1) is 0 Å². The molecule has 1 N–H and O–H groups in total. The van der Waals surface area contributed by atoms with Crippen molar-refractivity contribution in [1.29, 1.82) is 0 Å². The van der Waals surface area contributed by atoms with E-state index in [2.05, 4.69) is 12.2 Å². The Morgan fingerprint density at radius 2 is 2.10 bits per heavy atom. The summed E-state index contributed by atoms with van der Waals surface area (Å²) in [6.45, 7) is 3.20. The monoisotopic (exact) mass is 294 g/mol. The van der Waals surface area contributed by atoms with Gasteiger partial charge in [0.25, 0.3) is 0 Å². The topological polar surface area (TPSA) is 34.1 Å². The first-order valence-electron chi connectivity index (χ1n) is 8.07. The molecule has 3 nitrogen and oxygen atoms in total. The molecule has 1 heterocycles. The van der Waals surface area contributed by atoms with E-state index in [1.54, 1.807) is 0 Å². The summed E-state index contributed by atoms with van der Waals surface area (Å²) in [5.41, 5.74) is 1.23. The summed E-state index contributed by atoms with van der Waals surface area (Å²) in [5.74, 6) is 0. The van der Waals surface area contributed by atoms with Crippen molar-refractivity contribution in [2.75, 3.05) is 13.7 Å². The summed E-state index contributed by atoms with van der Waals surface area (Å²) in [7, 11) is 1.87. The molecule has 4 heteroatoms. The lowest BCUT2D eigenvalue weighted by molar-refractivity contribution is -0.0447. The summed E-state index contributed by atoms with van der Waals surface area (Å²) in [4.78, 5) is 6.55. The van der Waals surface area contributed by atoms with Crippen LogP contribution in [0.2, 0.25) is 0 Å². The van der Waals surface area contributed by atoms with Crippen LogP contribution in [0.5, 0.6) is 0 Å². The third-order valence-electron chi connectivity index (χ3n) is 4.85. The Labute approximate surface area is 126 Å². The molecule has 0 saturated heterocycles. The van der Waals surface area contributed by atoms with Crippen LogP contribution in [0.4, 0.5) is 0 Å². The molecule has 0 aromatic carbocycles. The van der Waals surface area contributed by atoms with Crippen LogP contribution < -0.4 is 5.32 Å². The zero-order chi connectivity index (χ0) is 14.0. The molecular formula is C16H26N2OS. The highest BCUT2D eigenvalue weighted by molar-refractivity contribution is 7.11. The first-order chi connectivity index (χ1) is 9.79. The van der Waals surface area contributed by atoms with E-state index in [9.17, 15) is 0 Å². The quantitative estimate of drug-likeness (QED) is 0.913. The largest absolute Gasteiger partial charge is 0.371 e. The fourth-order valence-electron chi connectivity index (χ4n) is 3.69. The van der Waals surface area contributed by atoms with Gasteiger partial charge in [-0.2, -0.15) is 0 Å². The summed E-state index contributed by atoms with van der Waals surface area (Å²) < 4.78 is 5.97. The highest BCUT2D eigenvalue weighted by Gasteiger charge is 2.38. The Hall–Kier alpha value is -0.450. The molecule has 1 unspecified atom stereocenters. The fraction of sp³-hybridized carbons (Fsp3) is 0.812. The molecule has 1 aromatic heterocycles. The first-order valence-corrected chi connectivity index (χ1v) is 8.89. The summed E-state index contributed by atoms with van der Waals surface area (Å²) in [6, 6.07) is 0.464. The molecule has 1 fully saturated rings. The molecule has 0 radical (unpaired) electrons. The number of fused-ring (bicyclic) bond motifs is 1. The molecule has 0 amide bonds. The van der Waals surface area contributed by atoms with Gasteiger partial charge in [0.2, 0.25) is 0 Å². The first kappa shape index (κ1) is 14.5. The Bertz CT molecular complexity index is 451. The van der Waals surface area contributed by atoms with Gasteiger partial charge in [0.1, 0.15) is 10.6 Å². The van der Waals surface area contributed by atoms with Gasteiger partial charge < -0.3 is 10.1 Å². The molecule has 0 bridgehead atoms. The van der Waals surface area contributed by atoms with Crippen LogP contribution in [0.1, 0.15) is 73.5 Å². The second-order valence-electron chi connectivity index (χ2n) is 6.09. The Morgan fingerprint density at radius 1 is 1.30 bits per heavy atom. The number of thiazole rings is 1. The van der Waals surface area contributed by atoms with E-state index in [0.717, 1.165) is 19.4 Å². The van der Waals surface area contributed by atoms with Crippen molar-refractivity contribution in [3.63, 3.8) is 0 Å². The number of methoxy groups -OCH3 is 1. The molecule has 3 rings (SSSR count). The normalized spacial score (nSPS) is 25.4. The lowest BCUT2D eigenvalue weighted by Gasteiger charge is -2.34. The van der Waals surface area contributed by atoms with Crippen LogP contribution in [-0.4, -0.2) is 18.6 Å². The number of aromatic nitrogens is 1. The molecule has 1 atom stereocenters. The maximum atomic E-state index is 5.97. The fourth-order valence-corrected chi connectivity index (χ4v) is 5.08. The highest BCUT2D eigenvalue weighted by Crippen LogP contribution is 2.44. The molecule has 2 aliphatic rings. The average molecular weight is 294 g/mol. The minimum atomic E-state index is -0.0863. The Morgan fingerprint density at radius 3 is 2.80 bits per heavy atom. The summed E-state index contributed by atoms with van der Waals surface area (Å²) in [6.07, 6.45) is 9.88. The zero-order valence-corrected chi connectivity index (χ0v) is 13.5. The van der Waals surface area contributed by atoms with E-state index >= 15 is 0 Å². The van der Waals surface area contributed by atoms with Crippen LogP contribution in [0.25, 0.3) is 0 Å². The van der Waals surface area contributed by atoms with E-state index in [0.29, 0.717) is 6.04 Å². The molecule has 0 aliphatic heterocycles.